The highest BCUT2D eigenvalue weighted by atomic mass is 16.7. The van der Waals surface area contributed by atoms with Crippen LogP contribution in [0, 0.1) is 12.8 Å². The molecule has 2 rings (SSSR count). The molecule has 134 valence electrons. The van der Waals surface area contributed by atoms with Crippen LogP contribution in [0.25, 0.3) is 0 Å². The standard InChI is InChI=1S/C17H25NO6/c1-12-7-8-15(24-12)13(2)18-23-9-5-4-6-14-10-21-17(3,16(19)20)22-11-14/h7-8,14H,4-6,9-11H2,1-3H3,(H,19,20)/b18-13-. The summed E-state index contributed by atoms with van der Waals surface area (Å²) in [5.41, 5.74) is 0.713. The van der Waals surface area contributed by atoms with Crippen molar-refractivity contribution in [3.63, 3.8) is 0 Å². The smallest absolute Gasteiger partial charge is 0.364 e. The first-order valence-corrected chi connectivity index (χ1v) is 8.15. The monoisotopic (exact) mass is 339 g/mol. The molecule has 0 spiro atoms. The third kappa shape index (κ3) is 5.07. The van der Waals surface area contributed by atoms with Crippen LogP contribution in [0.15, 0.2) is 21.7 Å². The minimum atomic E-state index is -1.50. The van der Waals surface area contributed by atoms with E-state index in [2.05, 4.69) is 5.16 Å². The average Bonchev–Trinajstić information content (AvgIpc) is 2.99. The Kier molecular flexibility index (Phi) is 6.39. The molecule has 0 amide bonds. The van der Waals surface area contributed by atoms with Crippen molar-refractivity contribution in [1.29, 1.82) is 0 Å². The topological polar surface area (TPSA) is 90.5 Å². The first-order chi connectivity index (χ1) is 11.4. The summed E-state index contributed by atoms with van der Waals surface area (Å²) in [4.78, 5) is 16.3. The molecule has 1 fully saturated rings. The van der Waals surface area contributed by atoms with Crippen molar-refractivity contribution in [1.82, 2.24) is 0 Å². The molecule has 1 aromatic heterocycles. The van der Waals surface area contributed by atoms with Gasteiger partial charge in [0.2, 0.25) is 0 Å². The van der Waals surface area contributed by atoms with Gasteiger partial charge in [0.1, 0.15) is 18.1 Å². The largest absolute Gasteiger partial charge is 0.477 e. The maximum Gasteiger partial charge on any atom is 0.364 e. The van der Waals surface area contributed by atoms with E-state index < -0.39 is 11.8 Å². The molecule has 0 atom stereocenters. The number of aryl methyl sites for hydroxylation is 1. The molecular formula is C17H25NO6. The summed E-state index contributed by atoms with van der Waals surface area (Å²) in [7, 11) is 0. The summed E-state index contributed by atoms with van der Waals surface area (Å²) in [6, 6.07) is 3.75. The first-order valence-electron chi connectivity index (χ1n) is 8.15. The molecular weight excluding hydrogens is 314 g/mol. The Balaban J connectivity index is 1.58. The van der Waals surface area contributed by atoms with Gasteiger partial charge in [-0.3, -0.25) is 0 Å². The van der Waals surface area contributed by atoms with Crippen LogP contribution in [0.1, 0.15) is 44.6 Å². The van der Waals surface area contributed by atoms with Gasteiger partial charge >= 0.3 is 5.97 Å². The summed E-state index contributed by atoms with van der Waals surface area (Å²) in [6.45, 7) is 6.49. The van der Waals surface area contributed by atoms with E-state index in [1.807, 2.05) is 26.0 Å². The Morgan fingerprint density at radius 3 is 2.67 bits per heavy atom. The van der Waals surface area contributed by atoms with Gasteiger partial charge in [0.15, 0.2) is 5.76 Å². The van der Waals surface area contributed by atoms with Crippen LogP contribution < -0.4 is 0 Å². The van der Waals surface area contributed by atoms with Crippen molar-refractivity contribution >= 4 is 11.7 Å². The minimum Gasteiger partial charge on any atom is -0.477 e. The van der Waals surface area contributed by atoms with Crippen LogP contribution in [-0.2, 0) is 19.1 Å². The number of nitrogens with zero attached hydrogens (tertiary/aromatic N) is 1. The van der Waals surface area contributed by atoms with Crippen LogP contribution in [0.5, 0.6) is 0 Å². The highest BCUT2D eigenvalue weighted by molar-refractivity contribution is 5.95. The molecule has 1 N–H and O–H groups in total. The first kappa shape index (κ1) is 18.5. The van der Waals surface area contributed by atoms with E-state index in [1.54, 1.807) is 0 Å². The van der Waals surface area contributed by atoms with Gasteiger partial charge in [0, 0.05) is 12.8 Å². The maximum absolute atomic E-state index is 11.0. The number of aliphatic carboxylic acids is 1. The third-order valence-electron chi connectivity index (χ3n) is 3.97. The van der Waals surface area contributed by atoms with Crippen molar-refractivity contribution < 1.29 is 28.6 Å². The van der Waals surface area contributed by atoms with E-state index in [1.165, 1.54) is 6.92 Å². The van der Waals surface area contributed by atoms with E-state index in [0.717, 1.165) is 25.0 Å². The number of carboxylic acid groups (broad SMARTS) is 1. The number of hydrogen-bond acceptors (Lipinski definition) is 6. The molecule has 0 radical (unpaired) electrons. The number of carbonyl (C=O) groups is 1. The van der Waals surface area contributed by atoms with Crippen molar-refractivity contribution in [2.24, 2.45) is 11.1 Å². The molecule has 0 saturated carbocycles. The Labute approximate surface area is 141 Å². The second-order valence-electron chi connectivity index (χ2n) is 6.15. The lowest BCUT2D eigenvalue weighted by Crippen LogP contribution is -2.47. The van der Waals surface area contributed by atoms with E-state index in [9.17, 15) is 4.79 Å². The third-order valence-corrected chi connectivity index (χ3v) is 3.97. The molecule has 0 bridgehead atoms. The van der Waals surface area contributed by atoms with Crippen molar-refractivity contribution in [3.05, 3.63) is 23.7 Å². The van der Waals surface area contributed by atoms with Crippen molar-refractivity contribution in [2.45, 2.75) is 45.8 Å². The predicted molar refractivity (Wildman–Crippen MR) is 86.9 cm³/mol. The Hall–Kier alpha value is -1.86. The highest BCUT2D eigenvalue weighted by Gasteiger charge is 2.40. The van der Waals surface area contributed by atoms with Gasteiger partial charge in [0.25, 0.3) is 5.79 Å². The molecule has 24 heavy (non-hydrogen) atoms. The van der Waals surface area contributed by atoms with Gasteiger partial charge < -0.3 is 23.8 Å². The number of ether oxygens (including phenoxy) is 2. The average molecular weight is 339 g/mol. The van der Waals surface area contributed by atoms with E-state index in [-0.39, 0.29) is 5.92 Å². The normalized spacial score (nSPS) is 24.8. The van der Waals surface area contributed by atoms with Crippen LogP contribution in [-0.4, -0.2) is 42.4 Å². The fourth-order valence-electron chi connectivity index (χ4n) is 2.35. The molecule has 7 nitrogen and oxygen atoms in total. The summed E-state index contributed by atoms with van der Waals surface area (Å²) in [5.74, 6) is -0.820. The van der Waals surface area contributed by atoms with E-state index in [0.29, 0.717) is 31.3 Å². The second kappa shape index (κ2) is 8.30. The van der Waals surface area contributed by atoms with Gasteiger partial charge in [0.05, 0.1) is 13.2 Å². The maximum atomic E-state index is 11.0. The molecule has 0 aromatic carbocycles. The van der Waals surface area contributed by atoms with E-state index in [4.69, 9.17) is 23.8 Å². The van der Waals surface area contributed by atoms with Crippen molar-refractivity contribution in [3.8, 4) is 0 Å². The van der Waals surface area contributed by atoms with Crippen LogP contribution in [0.3, 0.4) is 0 Å². The molecule has 1 saturated heterocycles. The number of rotatable bonds is 8. The van der Waals surface area contributed by atoms with Gasteiger partial charge in [-0.15, -0.1) is 0 Å². The summed E-state index contributed by atoms with van der Waals surface area (Å²) in [6.07, 6.45) is 2.70. The Morgan fingerprint density at radius 1 is 1.38 bits per heavy atom. The minimum absolute atomic E-state index is 0.216. The lowest BCUT2D eigenvalue weighted by molar-refractivity contribution is -0.271. The quantitative estimate of drug-likeness (QED) is 0.445. The fourth-order valence-corrected chi connectivity index (χ4v) is 2.35. The lowest BCUT2D eigenvalue weighted by atomic mass is 10.0. The van der Waals surface area contributed by atoms with Crippen LogP contribution >= 0.6 is 0 Å². The van der Waals surface area contributed by atoms with Crippen LogP contribution in [0.2, 0.25) is 0 Å². The number of carboxylic acids is 1. The van der Waals surface area contributed by atoms with Gasteiger partial charge in [-0.25, -0.2) is 4.79 Å². The zero-order chi connectivity index (χ0) is 17.6. The fraction of sp³-hybridized carbons (Fsp3) is 0.647. The molecule has 1 aliphatic rings. The zero-order valence-electron chi connectivity index (χ0n) is 14.4. The molecule has 2 heterocycles. The van der Waals surface area contributed by atoms with Gasteiger partial charge in [-0.05, 0) is 45.2 Å². The zero-order valence-corrected chi connectivity index (χ0v) is 14.4. The Bertz CT molecular complexity index is 571. The number of furan rings is 1. The second-order valence-corrected chi connectivity index (χ2v) is 6.15. The van der Waals surface area contributed by atoms with Gasteiger partial charge in [-0.1, -0.05) is 5.16 Å². The SMILES string of the molecule is C/C(=N/OCCCCC1COC(C)(C(=O)O)OC1)c1ccc(C)o1. The highest BCUT2D eigenvalue weighted by Crippen LogP contribution is 2.24. The predicted octanol–water partition coefficient (Wildman–Crippen LogP) is 2.96. The molecule has 0 unspecified atom stereocenters. The number of hydrogen-bond donors (Lipinski definition) is 1. The molecule has 1 aliphatic heterocycles. The molecule has 0 aliphatic carbocycles. The summed E-state index contributed by atoms with van der Waals surface area (Å²) in [5, 5.41) is 13.0. The van der Waals surface area contributed by atoms with Gasteiger partial charge in [-0.2, -0.15) is 0 Å². The number of unbranched alkanes of at least 4 members (excludes halogenated alkanes) is 1. The number of oxime groups is 1. The van der Waals surface area contributed by atoms with Crippen molar-refractivity contribution in [2.75, 3.05) is 19.8 Å². The molecule has 1 aromatic rings. The Morgan fingerprint density at radius 2 is 2.08 bits per heavy atom. The van der Waals surface area contributed by atoms with Crippen LogP contribution in [0.4, 0.5) is 0 Å². The van der Waals surface area contributed by atoms with E-state index >= 15 is 0 Å². The lowest BCUT2D eigenvalue weighted by Gasteiger charge is -2.34. The summed E-state index contributed by atoms with van der Waals surface area (Å²) >= 11 is 0. The summed E-state index contributed by atoms with van der Waals surface area (Å²) < 4.78 is 16.1. The molecule has 7 heteroatoms.